The monoisotopic (exact) mass is 348 g/mol. The van der Waals surface area contributed by atoms with E-state index in [-0.39, 0.29) is 5.91 Å². The average Bonchev–Trinajstić information content (AvgIpc) is 3.12. The van der Waals surface area contributed by atoms with Gasteiger partial charge < -0.3 is 15.5 Å². The molecule has 1 aliphatic rings. The highest BCUT2D eigenvalue weighted by Crippen LogP contribution is 2.09. The Bertz CT molecular complexity index is 580. The average molecular weight is 348 g/mol. The number of aryl methyl sites for hydroxylation is 3. The van der Waals surface area contributed by atoms with Crippen LogP contribution in [-0.2, 0) is 11.3 Å². The molecule has 1 fully saturated rings. The first-order valence-electron chi connectivity index (χ1n) is 9.41. The van der Waals surface area contributed by atoms with Gasteiger partial charge in [-0.1, -0.05) is 0 Å². The van der Waals surface area contributed by atoms with E-state index in [1.54, 1.807) is 0 Å². The molecule has 2 rings (SSSR count). The molecule has 7 heteroatoms. The maximum atomic E-state index is 11.6. The molecule has 25 heavy (non-hydrogen) atoms. The maximum Gasteiger partial charge on any atom is 0.222 e. The van der Waals surface area contributed by atoms with Crippen molar-refractivity contribution in [3.05, 3.63) is 17.5 Å². The van der Waals surface area contributed by atoms with Crippen molar-refractivity contribution in [2.75, 3.05) is 32.7 Å². The Labute approximate surface area is 150 Å². The molecule has 1 aromatic rings. The summed E-state index contributed by atoms with van der Waals surface area (Å²) in [7, 11) is 0. The van der Waals surface area contributed by atoms with Gasteiger partial charge in [0.2, 0.25) is 5.91 Å². The number of nitrogens with zero attached hydrogens (tertiary/aromatic N) is 4. The van der Waals surface area contributed by atoms with E-state index in [9.17, 15) is 4.79 Å². The summed E-state index contributed by atoms with van der Waals surface area (Å²) in [6.07, 6.45) is 3.62. The first kappa shape index (κ1) is 19.3. The van der Waals surface area contributed by atoms with Crippen LogP contribution in [0.2, 0.25) is 0 Å². The van der Waals surface area contributed by atoms with Crippen LogP contribution in [0.3, 0.4) is 0 Å². The topological polar surface area (TPSA) is 74.6 Å². The normalized spacial score (nSPS) is 15.1. The summed E-state index contributed by atoms with van der Waals surface area (Å²) in [4.78, 5) is 18.1. The van der Waals surface area contributed by atoms with Crippen LogP contribution in [-0.4, -0.2) is 59.3 Å². The number of rotatable bonds is 9. The number of aliphatic imine (C=N–C) groups is 1. The van der Waals surface area contributed by atoms with Gasteiger partial charge in [-0.3, -0.25) is 14.5 Å². The number of guanidine groups is 1. The molecule has 0 aliphatic carbocycles. The zero-order chi connectivity index (χ0) is 18.1. The van der Waals surface area contributed by atoms with E-state index in [1.807, 2.05) is 16.5 Å². The Balaban J connectivity index is 1.66. The number of hydrogen-bond acceptors (Lipinski definition) is 3. The Morgan fingerprint density at radius 2 is 2.12 bits per heavy atom. The Kier molecular flexibility index (Phi) is 7.76. The lowest BCUT2D eigenvalue weighted by Gasteiger charge is -2.15. The summed E-state index contributed by atoms with van der Waals surface area (Å²) in [5.41, 5.74) is 2.27. The second-order valence-electron chi connectivity index (χ2n) is 6.53. The predicted molar refractivity (Wildman–Crippen MR) is 101 cm³/mol. The number of aromatic nitrogens is 2. The van der Waals surface area contributed by atoms with Crippen molar-refractivity contribution in [2.24, 2.45) is 4.99 Å². The van der Waals surface area contributed by atoms with E-state index in [0.29, 0.717) is 6.42 Å². The third-order valence-electron chi connectivity index (χ3n) is 4.31. The van der Waals surface area contributed by atoms with Crippen LogP contribution in [0.25, 0.3) is 0 Å². The lowest BCUT2D eigenvalue weighted by molar-refractivity contribution is -0.127. The number of carbonyl (C=O) groups is 1. The Morgan fingerprint density at radius 1 is 1.28 bits per heavy atom. The van der Waals surface area contributed by atoms with Crippen LogP contribution >= 0.6 is 0 Å². The Morgan fingerprint density at radius 3 is 2.76 bits per heavy atom. The molecule has 0 atom stereocenters. The van der Waals surface area contributed by atoms with Gasteiger partial charge in [-0.05, 0) is 46.1 Å². The van der Waals surface area contributed by atoms with Gasteiger partial charge in [-0.25, -0.2) is 0 Å². The third kappa shape index (κ3) is 6.40. The van der Waals surface area contributed by atoms with Crippen molar-refractivity contribution in [1.82, 2.24) is 25.3 Å². The van der Waals surface area contributed by atoms with E-state index >= 15 is 0 Å². The quantitative estimate of drug-likeness (QED) is 0.402. The summed E-state index contributed by atoms with van der Waals surface area (Å²) in [6.45, 7) is 11.2. The van der Waals surface area contributed by atoms with Crippen molar-refractivity contribution < 1.29 is 4.79 Å². The summed E-state index contributed by atoms with van der Waals surface area (Å²) in [5.74, 6) is 1.14. The maximum absolute atomic E-state index is 11.6. The number of likely N-dealkylation sites (tertiary alicyclic amines) is 1. The van der Waals surface area contributed by atoms with Gasteiger partial charge in [-0.2, -0.15) is 5.10 Å². The van der Waals surface area contributed by atoms with Crippen LogP contribution in [0, 0.1) is 13.8 Å². The largest absolute Gasteiger partial charge is 0.357 e. The van der Waals surface area contributed by atoms with Crippen molar-refractivity contribution in [3.8, 4) is 0 Å². The molecular weight excluding hydrogens is 316 g/mol. The molecule has 7 nitrogen and oxygen atoms in total. The molecule has 0 bridgehead atoms. The standard InChI is InChI=1S/C18H32N6O/c1-4-19-18(20-9-6-12-23-11-5-8-17(23)25)21-10-7-13-24-16(3)14-15(2)22-24/h14H,4-13H2,1-3H3,(H2,19,20,21). The van der Waals surface area contributed by atoms with Gasteiger partial charge in [0.05, 0.1) is 5.69 Å². The summed E-state index contributed by atoms with van der Waals surface area (Å²) < 4.78 is 2.05. The molecule has 2 heterocycles. The van der Waals surface area contributed by atoms with Gasteiger partial charge in [0.15, 0.2) is 5.96 Å². The zero-order valence-corrected chi connectivity index (χ0v) is 15.8. The molecule has 1 amide bonds. The van der Waals surface area contributed by atoms with E-state index in [0.717, 1.165) is 70.2 Å². The highest BCUT2D eigenvalue weighted by molar-refractivity contribution is 5.79. The first-order chi connectivity index (χ1) is 12.1. The minimum Gasteiger partial charge on any atom is -0.357 e. The Hall–Kier alpha value is -2.05. The molecule has 140 valence electrons. The van der Waals surface area contributed by atoms with E-state index in [4.69, 9.17) is 0 Å². The zero-order valence-electron chi connectivity index (χ0n) is 15.8. The van der Waals surface area contributed by atoms with Crippen LogP contribution in [0.15, 0.2) is 11.1 Å². The molecule has 0 radical (unpaired) electrons. The molecular formula is C18H32N6O. The summed E-state index contributed by atoms with van der Waals surface area (Å²) in [6, 6.07) is 2.10. The summed E-state index contributed by atoms with van der Waals surface area (Å²) >= 11 is 0. The molecule has 2 N–H and O–H groups in total. The van der Waals surface area contributed by atoms with Gasteiger partial charge in [-0.15, -0.1) is 0 Å². The fourth-order valence-corrected chi connectivity index (χ4v) is 3.07. The second-order valence-corrected chi connectivity index (χ2v) is 6.53. The molecule has 0 saturated carbocycles. The van der Waals surface area contributed by atoms with Gasteiger partial charge >= 0.3 is 0 Å². The van der Waals surface area contributed by atoms with Crippen molar-refractivity contribution in [3.63, 3.8) is 0 Å². The lowest BCUT2D eigenvalue weighted by atomic mass is 10.4. The molecule has 1 aromatic heterocycles. The highest BCUT2D eigenvalue weighted by Gasteiger charge is 2.18. The van der Waals surface area contributed by atoms with E-state index < -0.39 is 0 Å². The summed E-state index contributed by atoms with van der Waals surface area (Å²) in [5, 5.41) is 11.1. The molecule has 0 aromatic carbocycles. The minimum atomic E-state index is 0.290. The first-order valence-corrected chi connectivity index (χ1v) is 9.41. The van der Waals surface area contributed by atoms with Gasteiger partial charge in [0, 0.05) is 51.4 Å². The SMILES string of the molecule is CCNC(=NCCCN1CCCC1=O)NCCCn1nc(C)cc1C. The molecule has 1 saturated heterocycles. The number of nitrogens with one attached hydrogen (secondary N) is 2. The predicted octanol–water partition coefficient (Wildman–Crippen LogP) is 1.46. The highest BCUT2D eigenvalue weighted by atomic mass is 16.2. The fourth-order valence-electron chi connectivity index (χ4n) is 3.07. The van der Waals surface area contributed by atoms with E-state index in [1.165, 1.54) is 5.69 Å². The molecule has 1 aliphatic heterocycles. The van der Waals surface area contributed by atoms with Crippen molar-refractivity contribution >= 4 is 11.9 Å². The van der Waals surface area contributed by atoms with Gasteiger partial charge in [0.25, 0.3) is 0 Å². The van der Waals surface area contributed by atoms with Crippen LogP contribution < -0.4 is 10.6 Å². The molecule has 0 spiro atoms. The second kappa shape index (κ2) is 10.1. The lowest BCUT2D eigenvalue weighted by Crippen LogP contribution is -2.38. The third-order valence-corrected chi connectivity index (χ3v) is 4.31. The van der Waals surface area contributed by atoms with Crippen LogP contribution in [0.4, 0.5) is 0 Å². The van der Waals surface area contributed by atoms with Gasteiger partial charge in [0.1, 0.15) is 0 Å². The smallest absolute Gasteiger partial charge is 0.222 e. The van der Waals surface area contributed by atoms with Crippen molar-refractivity contribution in [1.29, 1.82) is 0 Å². The fraction of sp³-hybridized carbons (Fsp3) is 0.722. The van der Waals surface area contributed by atoms with Crippen LogP contribution in [0.5, 0.6) is 0 Å². The number of carbonyl (C=O) groups excluding carboxylic acids is 1. The van der Waals surface area contributed by atoms with Crippen molar-refractivity contribution in [2.45, 2.75) is 53.0 Å². The van der Waals surface area contributed by atoms with E-state index in [2.05, 4.69) is 40.6 Å². The van der Waals surface area contributed by atoms with Crippen LogP contribution in [0.1, 0.15) is 44.0 Å². The number of amides is 1. The number of hydrogen-bond donors (Lipinski definition) is 2. The minimum absolute atomic E-state index is 0.290. The molecule has 0 unspecified atom stereocenters.